The fourth-order valence-electron chi connectivity index (χ4n) is 1.66. The first-order valence-electron chi connectivity index (χ1n) is 5.04. The van der Waals surface area contributed by atoms with Gasteiger partial charge in [0, 0.05) is 24.7 Å². The minimum Gasteiger partial charge on any atom is -0.378 e. The van der Waals surface area contributed by atoms with Gasteiger partial charge >= 0.3 is 0 Å². The highest BCUT2D eigenvalue weighted by molar-refractivity contribution is 5.96. The number of benzene rings is 1. The topological polar surface area (TPSA) is 36.3 Å². The van der Waals surface area contributed by atoms with Gasteiger partial charge < -0.3 is 9.64 Å². The van der Waals surface area contributed by atoms with Gasteiger partial charge in [-0.2, -0.15) is 0 Å². The number of morpholine rings is 1. The summed E-state index contributed by atoms with van der Waals surface area (Å²) >= 11 is 0. The van der Waals surface area contributed by atoms with Crippen molar-refractivity contribution in [3.05, 3.63) is 35.4 Å². The maximum Gasteiger partial charge on any atom is 0.128 e. The largest absolute Gasteiger partial charge is 0.378 e. The van der Waals surface area contributed by atoms with Crippen LogP contribution in [0, 0.1) is 17.0 Å². The Morgan fingerprint density at radius 1 is 1.12 bits per heavy atom. The van der Waals surface area contributed by atoms with Gasteiger partial charge in [0.2, 0.25) is 0 Å². The van der Waals surface area contributed by atoms with Crippen LogP contribution in [0.4, 0.5) is 8.78 Å². The monoisotopic (exact) mass is 226 g/mol. The number of hydrogen-bond donors (Lipinski definition) is 1. The summed E-state index contributed by atoms with van der Waals surface area (Å²) in [6, 6.07) is 3.14. The maximum atomic E-state index is 13.0. The Labute approximate surface area is 92.1 Å². The smallest absolute Gasteiger partial charge is 0.128 e. The Hall–Kier alpha value is -1.49. The first kappa shape index (κ1) is 11.0. The van der Waals surface area contributed by atoms with Gasteiger partial charge in [-0.3, -0.25) is 5.41 Å². The molecule has 0 amide bonds. The molecule has 0 saturated carbocycles. The molecular formula is C11H12F2N2O. The lowest BCUT2D eigenvalue weighted by molar-refractivity contribution is 0.0679. The fourth-order valence-corrected chi connectivity index (χ4v) is 1.66. The molecule has 86 valence electrons. The number of nitrogens with zero attached hydrogens (tertiary/aromatic N) is 1. The van der Waals surface area contributed by atoms with Crippen molar-refractivity contribution < 1.29 is 13.5 Å². The van der Waals surface area contributed by atoms with Crippen LogP contribution in [0.3, 0.4) is 0 Å². The van der Waals surface area contributed by atoms with E-state index in [1.54, 1.807) is 4.90 Å². The molecule has 1 aliphatic heterocycles. The van der Waals surface area contributed by atoms with E-state index in [9.17, 15) is 8.78 Å². The normalized spacial score (nSPS) is 16.2. The summed E-state index contributed by atoms with van der Waals surface area (Å²) in [6.07, 6.45) is 0. The summed E-state index contributed by atoms with van der Waals surface area (Å²) in [5.74, 6) is -1.18. The lowest BCUT2D eigenvalue weighted by Crippen LogP contribution is -2.40. The van der Waals surface area contributed by atoms with Crippen molar-refractivity contribution in [3.8, 4) is 0 Å². The summed E-state index contributed by atoms with van der Waals surface area (Å²) in [7, 11) is 0. The van der Waals surface area contributed by atoms with E-state index in [2.05, 4.69) is 0 Å². The molecule has 0 aromatic heterocycles. The van der Waals surface area contributed by atoms with Crippen LogP contribution < -0.4 is 0 Å². The third-order valence-corrected chi connectivity index (χ3v) is 2.46. The number of ether oxygens (including phenoxy) is 1. The molecule has 16 heavy (non-hydrogen) atoms. The van der Waals surface area contributed by atoms with Crippen LogP contribution in [-0.4, -0.2) is 37.0 Å². The van der Waals surface area contributed by atoms with E-state index in [0.717, 1.165) is 6.07 Å². The minimum absolute atomic E-state index is 0.140. The van der Waals surface area contributed by atoms with Crippen molar-refractivity contribution in [2.45, 2.75) is 0 Å². The summed E-state index contributed by atoms with van der Waals surface area (Å²) in [4.78, 5) is 1.75. The van der Waals surface area contributed by atoms with Crippen molar-refractivity contribution in [3.63, 3.8) is 0 Å². The molecule has 1 aliphatic rings. The molecule has 1 fully saturated rings. The van der Waals surface area contributed by atoms with Crippen LogP contribution in [0.15, 0.2) is 18.2 Å². The summed E-state index contributed by atoms with van der Waals surface area (Å²) in [6.45, 7) is 2.24. The van der Waals surface area contributed by atoms with Crippen LogP contribution in [0.2, 0.25) is 0 Å². The molecule has 0 bridgehead atoms. The maximum absolute atomic E-state index is 13.0. The highest BCUT2D eigenvalue weighted by Gasteiger charge is 2.16. The zero-order valence-corrected chi connectivity index (χ0v) is 8.67. The molecule has 1 saturated heterocycles. The Balaban J connectivity index is 2.19. The third-order valence-electron chi connectivity index (χ3n) is 2.46. The van der Waals surface area contributed by atoms with Gasteiger partial charge in [0.05, 0.1) is 13.2 Å². The van der Waals surface area contributed by atoms with E-state index < -0.39 is 11.6 Å². The molecule has 0 atom stereocenters. The van der Waals surface area contributed by atoms with E-state index >= 15 is 0 Å². The summed E-state index contributed by atoms with van der Waals surface area (Å²) in [5.41, 5.74) is 0.263. The van der Waals surface area contributed by atoms with Gasteiger partial charge in [0.25, 0.3) is 0 Å². The van der Waals surface area contributed by atoms with Gasteiger partial charge in [-0.1, -0.05) is 0 Å². The average molecular weight is 226 g/mol. The predicted octanol–water partition coefficient (Wildman–Crippen LogP) is 1.62. The van der Waals surface area contributed by atoms with E-state index in [1.807, 2.05) is 0 Å². The van der Waals surface area contributed by atoms with Crippen LogP contribution in [0.25, 0.3) is 0 Å². The molecule has 3 nitrogen and oxygen atoms in total. The molecule has 2 rings (SSSR count). The average Bonchev–Trinajstić information content (AvgIpc) is 2.28. The molecule has 0 radical (unpaired) electrons. The highest BCUT2D eigenvalue weighted by Crippen LogP contribution is 2.11. The number of halogens is 2. The van der Waals surface area contributed by atoms with Gasteiger partial charge in [-0.25, -0.2) is 8.78 Å². The van der Waals surface area contributed by atoms with Gasteiger partial charge in [-0.15, -0.1) is 0 Å². The fraction of sp³-hybridized carbons (Fsp3) is 0.364. The molecule has 1 aromatic carbocycles. The molecule has 0 aliphatic carbocycles. The first-order chi connectivity index (χ1) is 7.66. The summed E-state index contributed by atoms with van der Waals surface area (Å²) in [5, 5.41) is 7.85. The highest BCUT2D eigenvalue weighted by atomic mass is 19.1. The van der Waals surface area contributed by atoms with Crippen LogP contribution >= 0.6 is 0 Å². The number of amidine groups is 1. The van der Waals surface area contributed by atoms with Crippen molar-refractivity contribution in [2.75, 3.05) is 26.3 Å². The quantitative estimate of drug-likeness (QED) is 0.583. The van der Waals surface area contributed by atoms with E-state index in [0.29, 0.717) is 26.3 Å². The predicted molar refractivity (Wildman–Crippen MR) is 55.6 cm³/mol. The molecule has 1 heterocycles. The van der Waals surface area contributed by atoms with E-state index in [1.165, 1.54) is 12.1 Å². The third kappa shape index (κ3) is 2.36. The van der Waals surface area contributed by atoms with Gasteiger partial charge in [0.1, 0.15) is 17.5 Å². The molecule has 0 spiro atoms. The second kappa shape index (κ2) is 4.57. The molecule has 5 heteroatoms. The zero-order chi connectivity index (χ0) is 11.5. The second-order valence-electron chi connectivity index (χ2n) is 3.61. The molecule has 1 aromatic rings. The van der Waals surface area contributed by atoms with Gasteiger partial charge in [-0.05, 0) is 12.1 Å². The van der Waals surface area contributed by atoms with Crippen molar-refractivity contribution in [1.29, 1.82) is 5.41 Å². The summed E-state index contributed by atoms with van der Waals surface area (Å²) < 4.78 is 31.1. The van der Waals surface area contributed by atoms with Crippen LogP contribution in [0.5, 0.6) is 0 Å². The number of rotatable bonds is 1. The second-order valence-corrected chi connectivity index (χ2v) is 3.61. The van der Waals surface area contributed by atoms with Crippen molar-refractivity contribution in [2.24, 2.45) is 0 Å². The molecule has 0 unspecified atom stereocenters. The Bertz CT molecular complexity index is 383. The first-order valence-corrected chi connectivity index (χ1v) is 5.04. The van der Waals surface area contributed by atoms with Crippen molar-refractivity contribution >= 4 is 5.84 Å². The zero-order valence-electron chi connectivity index (χ0n) is 8.67. The van der Waals surface area contributed by atoms with Crippen LogP contribution in [-0.2, 0) is 4.74 Å². The number of hydrogen-bond acceptors (Lipinski definition) is 2. The Kier molecular flexibility index (Phi) is 3.14. The van der Waals surface area contributed by atoms with Crippen LogP contribution in [0.1, 0.15) is 5.56 Å². The Morgan fingerprint density at radius 3 is 2.25 bits per heavy atom. The standard InChI is InChI=1S/C11H12F2N2O/c12-9-5-8(6-10(13)7-9)11(14)15-1-3-16-4-2-15/h5-7,14H,1-4H2. The minimum atomic E-state index is -0.659. The van der Waals surface area contributed by atoms with E-state index in [-0.39, 0.29) is 11.4 Å². The van der Waals surface area contributed by atoms with E-state index in [4.69, 9.17) is 10.1 Å². The van der Waals surface area contributed by atoms with Crippen molar-refractivity contribution in [1.82, 2.24) is 4.90 Å². The SMILES string of the molecule is N=C(c1cc(F)cc(F)c1)N1CCOCC1. The number of nitrogens with one attached hydrogen (secondary N) is 1. The van der Waals surface area contributed by atoms with Gasteiger partial charge in [0.15, 0.2) is 0 Å². The lowest BCUT2D eigenvalue weighted by Gasteiger charge is -2.29. The Morgan fingerprint density at radius 2 is 1.69 bits per heavy atom. The lowest BCUT2D eigenvalue weighted by atomic mass is 10.1. The molecule has 1 N–H and O–H groups in total. The molecular weight excluding hydrogens is 214 g/mol.